The lowest BCUT2D eigenvalue weighted by Crippen LogP contribution is -2.17. The van der Waals surface area contributed by atoms with Crippen molar-refractivity contribution in [3.05, 3.63) is 50.1 Å². The van der Waals surface area contributed by atoms with Gasteiger partial charge in [-0.15, -0.1) is 16.4 Å². The number of rotatable bonds is 3. The van der Waals surface area contributed by atoms with E-state index < -0.39 is 0 Å². The fourth-order valence-electron chi connectivity index (χ4n) is 3.56. The van der Waals surface area contributed by atoms with Crippen LogP contribution in [0.4, 0.5) is 0 Å². The van der Waals surface area contributed by atoms with Crippen LogP contribution in [0.5, 0.6) is 0 Å². The first-order chi connectivity index (χ1) is 13.1. The van der Waals surface area contributed by atoms with Gasteiger partial charge in [-0.2, -0.15) is 4.98 Å². The van der Waals surface area contributed by atoms with Crippen LogP contribution < -0.4 is 5.56 Å². The first-order valence-corrected chi connectivity index (χ1v) is 10.8. The van der Waals surface area contributed by atoms with E-state index >= 15 is 0 Å². The predicted octanol–water partition coefficient (Wildman–Crippen LogP) is 2.98. The number of hydrogen-bond donors (Lipinski definition) is 0. The molecule has 1 aliphatic rings. The van der Waals surface area contributed by atoms with E-state index in [1.807, 2.05) is 19.9 Å². The Labute approximate surface area is 163 Å². The molecule has 5 rings (SSSR count). The number of hydrogen-bond acceptors (Lipinski definition) is 7. The van der Waals surface area contributed by atoms with Gasteiger partial charge in [0.1, 0.15) is 0 Å². The molecular weight excluding hydrogens is 380 g/mol. The van der Waals surface area contributed by atoms with Crippen LogP contribution in [0.2, 0.25) is 0 Å². The minimum absolute atomic E-state index is 0.0195. The van der Waals surface area contributed by atoms with Crippen molar-refractivity contribution in [2.75, 3.05) is 0 Å². The number of aryl methyl sites for hydroxylation is 4. The Balaban J connectivity index is 1.45. The van der Waals surface area contributed by atoms with Gasteiger partial charge in [0.05, 0.1) is 5.69 Å². The molecule has 0 aliphatic heterocycles. The van der Waals surface area contributed by atoms with Gasteiger partial charge in [0.15, 0.2) is 4.96 Å². The molecule has 0 radical (unpaired) electrons. The van der Waals surface area contributed by atoms with E-state index in [0.29, 0.717) is 16.7 Å². The van der Waals surface area contributed by atoms with Gasteiger partial charge in [-0.1, -0.05) is 11.8 Å². The van der Waals surface area contributed by atoms with E-state index in [9.17, 15) is 4.79 Å². The molecule has 0 spiro atoms. The Morgan fingerprint density at radius 2 is 2.00 bits per heavy atom. The number of thioether (sulfide) groups is 1. The highest BCUT2D eigenvalue weighted by molar-refractivity contribution is 7.98. The maximum absolute atomic E-state index is 12.6. The summed E-state index contributed by atoms with van der Waals surface area (Å²) >= 11 is 3.13. The highest BCUT2D eigenvalue weighted by Crippen LogP contribution is 2.29. The zero-order chi connectivity index (χ0) is 18.5. The van der Waals surface area contributed by atoms with Crippen molar-refractivity contribution < 1.29 is 0 Å². The van der Waals surface area contributed by atoms with Crippen LogP contribution in [0.1, 0.15) is 40.5 Å². The third-order valence-electron chi connectivity index (χ3n) is 4.76. The molecule has 0 fully saturated rings. The van der Waals surface area contributed by atoms with Gasteiger partial charge < -0.3 is 0 Å². The standard InChI is InChI=1S/C18H18N6OS2/c1-10-7-11(2)24-16(19-10)21-17(22-24)26-9-12-8-15(25)23-13-5-3-4-6-14(13)27-18(23)20-12/h7-8H,3-6,9H2,1-2H3. The summed E-state index contributed by atoms with van der Waals surface area (Å²) in [4.78, 5) is 28.4. The normalized spacial score (nSPS) is 14.1. The molecule has 0 N–H and O–H groups in total. The lowest BCUT2D eigenvalue weighted by molar-refractivity contribution is 0.670. The van der Waals surface area contributed by atoms with Crippen molar-refractivity contribution in [2.45, 2.75) is 50.4 Å². The van der Waals surface area contributed by atoms with Gasteiger partial charge in [-0.05, 0) is 45.6 Å². The molecule has 0 bridgehead atoms. The second kappa shape index (κ2) is 6.42. The number of nitrogens with zero attached hydrogens (tertiary/aromatic N) is 6. The molecule has 4 aromatic rings. The van der Waals surface area contributed by atoms with Crippen molar-refractivity contribution in [1.82, 2.24) is 29.0 Å². The molecule has 0 saturated heterocycles. The molecule has 0 amide bonds. The zero-order valence-electron chi connectivity index (χ0n) is 15.1. The molecule has 4 heterocycles. The molecule has 9 heteroatoms. The Morgan fingerprint density at radius 1 is 1.15 bits per heavy atom. The number of fused-ring (bicyclic) bond motifs is 4. The van der Waals surface area contributed by atoms with Crippen molar-refractivity contribution >= 4 is 33.8 Å². The first kappa shape index (κ1) is 16.9. The van der Waals surface area contributed by atoms with Crippen LogP contribution in [0, 0.1) is 13.8 Å². The quantitative estimate of drug-likeness (QED) is 0.494. The topological polar surface area (TPSA) is 77.5 Å². The molecule has 1 aliphatic carbocycles. The van der Waals surface area contributed by atoms with Crippen molar-refractivity contribution in [3.8, 4) is 0 Å². The van der Waals surface area contributed by atoms with E-state index in [2.05, 4.69) is 15.1 Å². The molecule has 0 atom stereocenters. The Bertz CT molecular complexity index is 1240. The second-order valence-electron chi connectivity index (χ2n) is 6.82. The maximum atomic E-state index is 12.6. The molecule has 0 unspecified atom stereocenters. The number of thiazole rings is 1. The monoisotopic (exact) mass is 398 g/mol. The summed E-state index contributed by atoms with van der Waals surface area (Å²) in [6, 6.07) is 3.62. The van der Waals surface area contributed by atoms with Crippen LogP contribution in [0.15, 0.2) is 22.1 Å². The third-order valence-corrected chi connectivity index (χ3v) is 6.78. The van der Waals surface area contributed by atoms with Gasteiger partial charge in [-0.25, -0.2) is 14.5 Å². The van der Waals surface area contributed by atoms with Crippen LogP contribution in [0.25, 0.3) is 10.7 Å². The van der Waals surface area contributed by atoms with E-state index in [-0.39, 0.29) is 5.56 Å². The summed E-state index contributed by atoms with van der Waals surface area (Å²) in [5.74, 6) is 1.16. The molecule has 27 heavy (non-hydrogen) atoms. The predicted molar refractivity (Wildman–Crippen MR) is 106 cm³/mol. The first-order valence-electron chi connectivity index (χ1n) is 8.95. The Hall–Kier alpha value is -2.26. The van der Waals surface area contributed by atoms with Crippen LogP contribution in [-0.4, -0.2) is 29.0 Å². The average Bonchev–Trinajstić information content (AvgIpc) is 3.20. The van der Waals surface area contributed by atoms with Crippen molar-refractivity contribution in [3.63, 3.8) is 0 Å². The second-order valence-corrected chi connectivity index (χ2v) is 8.82. The van der Waals surface area contributed by atoms with Crippen molar-refractivity contribution in [2.24, 2.45) is 0 Å². The lowest BCUT2D eigenvalue weighted by Gasteiger charge is -2.09. The summed E-state index contributed by atoms with van der Waals surface area (Å²) in [5.41, 5.74) is 3.87. The fourth-order valence-corrected chi connectivity index (χ4v) is 5.51. The Kier molecular flexibility index (Phi) is 4.01. The van der Waals surface area contributed by atoms with Gasteiger partial charge in [0.2, 0.25) is 5.16 Å². The molecule has 4 aromatic heterocycles. The number of aromatic nitrogens is 6. The molecule has 0 aromatic carbocycles. The van der Waals surface area contributed by atoms with E-state index in [0.717, 1.165) is 47.0 Å². The highest BCUT2D eigenvalue weighted by Gasteiger charge is 2.18. The van der Waals surface area contributed by atoms with Crippen molar-refractivity contribution in [1.29, 1.82) is 0 Å². The summed E-state index contributed by atoms with van der Waals surface area (Å²) in [5, 5.41) is 5.15. The summed E-state index contributed by atoms with van der Waals surface area (Å²) in [6.07, 6.45) is 4.38. The van der Waals surface area contributed by atoms with E-state index in [1.165, 1.54) is 23.1 Å². The van der Waals surface area contributed by atoms with Gasteiger partial charge in [0.25, 0.3) is 11.3 Å². The van der Waals surface area contributed by atoms with Gasteiger partial charge in [-0.3, -0.25) is 9.20 Å². The molecule has 138 valence electrons. The maximum Gasteiger partial charge on any atom is 0.259 e. The van der Waals surface area contributed by atoms with Crippen LogP contribution in [0.3, 0.4) is 0 Å². The minimum Gasteiger partial charge on any atom is -0.269 e. The molecule has 0 saturated carbocycles. The fraction of sp³-hybridized carbons (Fsp3) is 0.389. The average molecular weight is 399 g/mol. The molecule has 7 nitrogen and oxygen atoms in total. The van der Waals surface area contributed by atoms with E-state index in [1.54, 1.807) is 26.3 Å². The van der Waals surface area contributed by atoms with Gasteiger partial charge >= 0.3 is 0 Å². The molecular formula is C18H18N6OS2. The Morgan fingerprint density at radius 3 is 2.89 bits per heavy atom. The zero-order valence-corrected chi connectivity index (χ0v) is 16.7. The smallest absolute Gasteiger partial charge is 0.259 e. The summed E-state index contributed by atoms with van der Waals surface area (Å²) in [6.45, 7) is 3.93. The summed E-state index contributed by atoms with van der Waals surface area (Å²) in [7, 11) is 0. The highest BCUT2D eigenvalue weighted by atomic mass is 32.2. The van der Waals surface area contributed by atoms with Crippen LogP contribution >= 0.6 is 23.1 Å². The third kappa shape index (κ3) is 2.94. The minimum atomic E-state index is 0.0195. The largest absolute Gasteiger partial charge is 0.269 e. The summed E-state index contributed by atoms with van der Waals surface area (Å²) < 4.78 is 3.54. The SMILES string of the molecule is Cc1cc(C)n2nc(SCc3cc(=O)n4c5c(sc4n3)CCCC5)nc2n1. The van der Waals surface area contributed by atoms with Crippen LogP contribution in [-0.2, 0) is 18.6 Å². The van der Waals surface area contributed by atoms with E-state index in [4.69, 9.17) is 4.98 Å². The van der Waals surface area contributed by atoms with Gasteiger partial charge in [0, 0.05) is 33.8 Å². The lowest BCUT2D eigenvalue weighted by atomic mass is 10.0.